The highest BCUT2D eigenvalue weighted by Crippen LogP contribution is 2.59. The summed E-state index contributed by atoms with van der Waals surface area (Å²) < 4.78 is 5.37. The molecule has 3 fully saturated rings. The van der Waals surface area contributed by atoms with Gasteiger partial charge >= 0.3 is 5.97 Å². The van der Waals surface area contributed by atoms with Crippen molar-refractivity contribution in [3.05, 3.63) is 24.3 Å². The normalized spacial score (nSPS) is 47.8. The average molecular weight is 280 g/mol. The van der Waals surface area contributed by atoms with Gasteiger partial charge in [0.05, 0.1) is 5.60 Å². The molecule has 3 aliphatic rings. The van der Waals surface area contributed by atoms with Gasteiger partial charge in [-0.2, -0.15) is 0 Å². The van der Waals surface area contributed by atoms with Crippen molar-refractivity contribution in [2.75, 3.05) is 0 Å². The summed E-state index contributed by atoms with van der Waals surface area (Å²) in [4.78, 5) is 16.1. The second-order valence-corrected chi connectivity index (χ2v) is 6.56. The molecule has 2 saturated carbocycles. The van der Waals surface area contributed by atoms with Crippen LogP contribution in [-0.2, 0) is 14.4 Å². The lowest BCUT2D eigenvalue weighted by atomic mass is 9.52. The fraction of sp³-hybridized carbons (Fsp3) is 0.667. The van der Waals surface area contributed by atoms with Crippen LogP contribution in [0.1, 0.15) is 32.6 Å². The number of carbonyl (C=O) groups excluding carboxylic acids is 1. The average Bonchev–Trinajstić information content (AvgIpc) is 2.65. The van der Waals surface area contributed by atoms with Crippen LogP contribution in [-0.4, -0.2) is 34.1 Å². The van der Waals surface area contributed by atoms with Gasteiger partial charge in [-0.3, -0.25) is 5.26 Å². The summed E-state index contributed by atoms with van der Waals surface area (Å²) in [6.45, 7) is 9.70. The number of rotatable bonds is 1. The van der Waals surface area contributed by atoms with Gasteiger partial charge < -0.3 is 9.84 Å². The van der Waals surface area contributed by atoms with E-state index in [-0.39, 0.29) is 18.0 Å². The first-order valence-corrected chi connectivity index (χ1v) is 6.94. The molecule has 5 heteroatoms. The van der Waals surface area contributed by atoms with Gasteiger partial charge in [0.25, 0.3) is 0 Å². The lowest BCUT2D eigenvalue weighted by molar-refractivity contribution is -0.287. The Balaban J connectivity index is 1.98. The maximum atomic E-state index is 11.7. The molecule has 0 spiro atoms. The van der Waals surface area contributed by atoms with E-state index in [9.17, 15) is 9.90 Å². The van der Waals surface area contributed by atoms with Crippen LogP contribution in [0.2, 0.25) is 0 Å². The predicted octanol–water partition coefficient (Wildman–Crippen LogP) is 1.82. The van der Waals surface area contributed by atoms with Crippen molar-refractivity contribution >= 4 is 5.97 Å². The Labute approximate surface area is 117 Å². The van der Waals surface area contributed by atoms with Crippen molar-refractivity contribution in [2.45, 2.75) is 50.4 Å². The third kappa shape index (κ3) is 1.57. The number of carbonyl (C=O) groups is 1. The Kier molecular flexibility index (Phi) is 2.87. The van der Waals surface area contributed by atoms with Crippen LogP contribution >= 0.6 is 0 Å². The smallest absolute Gasteiger partial charge is 0.334 e. The molecule has 0 aromatic carbocycles. The molecule has 0 amide bonds. The highest BCUT2D eigenvalue weighted by atomic mass is 17.1. The third-order valence-corrected chi connectivity index (χ3v) is 5.59. The van der Waals surface area contributed by atoms with E-state index in [0.717, 1.165) is 0 Å². The van der Waals surface area contributed by atoms with Crippen molar-refractivity contribution in [1.29, 1.82) is 0 Å². The summed E-state index contributed by atoms with van der Waals surface area (Å²) in [6.07, 6.45) is 1.44. The molecule has 1 aliphatic heterocycles. The minimum absolute atomic E-state index is 0.185. The van der Waals surface area contributed by atoms with Gasteiger partial charge in [-0.1, -0.05) is 20.1 Å². The summed E-state index contributed by atoms with van der Waals surface area (Å²) in [5, 5.41) is 20.1. The monoisotopic (exact) mass is 280 g/mol. The van der Waals surface area contributed by atoms with Crippen LogP contribution in [0.25, 0.3) is 0 Å². The van der Waals surface area contributed by atoms with E-state index in [1.807, 2.05) is 6.92 Å². The Bertz CT molecular complexity index is 498. The lowest BCUT2D eigenvalue weighted by Crippen LogP contribution is -2.60. The van der Waals surface area contributed by atoms with Crippen molar-refractivity contribution in [1.82, 2.24) is 0 Å². The molecule has 0 aromatic rings. The molecular weight excluding hydrogens is 260 g/mol. The first kappa shape index (κ1) is 13.8. The molecule has 0 aromatic heterocycles. The number of hydrogen-bond acceptors (Lipinski definition) is 5. The molecular formula is C15H20O5. The van der Waals surface area contributed by atoms with Gasteiger partial charge in [-0.05, 0) is 31.3 Å². The molecule has 2 aliphatic carbocycles. The van der Waals surface area contributed by atoms with Gasteiger partial charge in [0.15, 0.2) is 0 Å². The van der Waals surface area contributed by atoms with Crippen LogP contribution in [0.15, 0.2) is 24.3 Å². The van der Waals surface area contributed by atoms with Gasteiger partial charge in [0.1, 0.15) is 12.2 Å². The van der Waals surface area contributed by atoms with E-state index in [0.29, 0.717) is 36.8 Å². The summed E-state index contributed by atoms with van der Waals surface area (Å²) in [5.41, 5.74) is -0.688. The van der Waals surface area contributed by atoms with Crippen LogP contribution in [0.5, 0.6) is 0 Å². The second kappa shape index (κ2) is 4.16. The zero-order valence-corrected chi connectivity index (χ0v) is 11.6. The highest BCUT2D eigenvalue weighted by Gasteiger charge is 2.62. The Morgan fingerprint density at radius 1 is 1.40 bits per heavy atom. The number of aliphatic hydroxyl groups is 1. The molecule has 0 radical (unpaired) electrons. The van der Waals surface area contributed by atoms with Crippen LogP contribution in [0.4, 0.5) is 0 Å². The predicted molar refractivity (Wildman–Crippen MR) is 70.7 cm³/mol. The van der Waals surface area contributed by atoms with E-state index >= 15 is 0 Å². The first-order chi connectivity index (χ1) is 9.32. The molecule has 5 atom stereocenters. The molecule has 1 heterocycles. The van der Waals surface area contributed by atoms with E-state index < -0.39 is 17.1 Å². The highest BCUT2D eigenvalue weighted by molar-refractivity contribution is 5.91. The molecule has 20 heavy (non-hydrogen) atoms. The van der Waals surface area contributed by atoms with Crippen molar-refractivity contribution in [3.63, 3.8) is 0 Å². The number of hydrogen-bond donors (Lipinski definition) is 2. The summed E-state index contributed by atoms with van der Waals surface area (Å²) in [6, 6.07) is 0. The summed E-state index contributed by atoms with van der Waals surface area (Å²) in [5.74, 6) is -0.554. The minimum Gasteiger partial charge on any atom is -0.458 e. The molecule has 1 saturated heterocycles. The minimum atomic E-state index is -1.17. The third-order valence-electron chi connectivity index (χ3n) is 5.59. The lowest BCUT2D eigenvalue weighted by Gasteiger charge is -2.56. The Morgan fingerprint density at radius 2 is 2.10 bits per heavy atom. The molecule has 5 nitrogen and oxygen atoms in total. The zero-order chi connectivity index (χ0) is 14.7. The standard InChI is InChI=1S/C15H20O5/c1-8-10-6-15(17)9(2)11(20-18)4-5-14(15,3)7-12(10)19-13(8)16/h10-12,17-18H,1-2,4-7H2,3H3/t10-,11-,12-,14-,15-/m1/s1. The molecule has 3 rings (SSSR count). The fourth-order valence-electron chi connectivity index (χ4n) is 4.12. The molecule has 110 valence electrons. The van der Waals surface area contributed by atoms with Crippen LogP contribution in [0, 0.1) is 11.3 Å². The maximum Gasteiger partial charge on any atom is 0.334 e. The quantitative estimate of drug-likeness (QED) is 0.252. The van der Waals surface area contributed by atoms with Gasteiger partial charge in [-0.25, -0.2) is 9.68 Å². The Hall–Kier alpha value is -1.17. The largest absolute Gasteiger partial charge is 0.458 e. The first-order valence-electron chi connectivity index (χ1n) is 6.94. The number of fused-ring (bicyclic) bond motifs is 2. The molecule has 0 unspecified atom stereocenters. The van der Waals surface area contributed by atoms with E-state index in [4.69, 9.17) is 9.99 Å². The topological polar surface area (TPSA) is 76.0 Å². The second-order valence-electron chi connectivity index (χ2n) is 6.56. The van der Waals surface area contributed by atoms with Crippen LogP contribution < -0.4 is 0 Å². The number of ether oxygens (including phenoxy) is 1. The van der Waals surface area contributed by atoms with E-state index in [2.05, 4.69) is 18.0 Å². The van der Waals surface area contributed by atoms with Gasteiger partial charge in [0.2, 0.25) is 0 Å². The van der Waals surface area contributed by atoms with Gasteiger partial charge in [-0.15, -0.1) is 0 Å². The van der Waals surface area contributed by atoms with E-state index in [1.54, 1.807) is 0 Å². The summed E-state index contributed by atoms with van der Waals surface area (Å²) in [7, 11) is 0. The Morgan fingerprint density at radius 3 is 2.75 bits per heavy atom. The number of esters is 1. The molecule has 2 N–H and O–H groups in total. The zero-order valence-electron chi connectivity index (χ0n) is 11.6. The SMILES string of the molecule is C=C1C(=O)O[C@@H]2C[C@@]3(C)CC[C@@H](OO)C(=C)[C@]3(O)C[C@H]12. The van der Waals surface area contributed by atoms with Crippen LogP contribution in [0.3, 0.4) is 0 Å². The van der Waals surface area contributed by atoms with Gasteiger partial charge in [0, 0.05) is 16.9 Å². The fourth-order valence-corrected chi connectivity index (χ4v) is 4.12. The van der Waals surface area contributed by atoms with Crippen molar-refractivity contribution < 1.29 is 24.8 Å². The van der Waals surface area contributed by atoms with E-state index in [1.165, 1.54) is 0 Å². The van der Waals surface area contributed by atoms with Crippen molar-refractivity contribution in [3.8, 4) is 0 Å². The summed E-state index contributed by atoms with van der Waals surface area (Å²) >= 11 is 0. The maximum absolute atomic E-state index is 11.7. The molecule has 0 bridgehead atoms. The van der Waals surface area contributed by atoms with Crippen molar-refractivity contribution in [2.24, 2.45) is 11.3 Å².